The minimum atomic E-state index is 0.144. The molecule has 2 N–H and O–H groups in total. The van der Waals surface area contributed by atoms with Crippen molar-refractivity contribution in [2.75, 3.05) is 19.7 Å². The molecule has 0 aromatic carbocycles. The molecule has 2 aliphatic carbocycles. The minimum Gasteiger partial charge on any atom is -0.378 e. The average Bonchev–Trinajstić information content (AvgIpc) is 2.81. The van der Waals surface area contributed by atoms with E-state index in [-0.39, 0.29) is 12.0 Å². The fourth-order valence-corrected chi connectivity index (χ4v) is 3.55. The Balaban J connectivity index is 1.55. The van der Waals surface area contributed by atoms with E-state index >= 15 is 0 Å². The Kier molecular flexibility index (Phi) is 2.87. The number of amides is 1. The van der Waals surface area contributed by atoms with Gasteiger partial charge in [-0.2, -0.15) is 0 Å². The summed E-state index contributed by atoms with van der Waals surface area (Å²) >= 11 is 0. The Labute approximate surface area is 102 Å². The fourth-order valence-electron chi connectivity index (χ4n) is 3.55. The lowest BCUT2D eigenvalue weighted by atomic mass is 9.98. The highest BCUT2D eigenvalue weighted by Gasteiger charge is 2.49. The zero-order valence-electron chi connectivity index (χ0n) is 10.5. The van der Waals surface area contributed by atoms with Crippen LogP contribution in [0.3, 0.4) is 0 Å². The molecule has 0 radical (unpaired) electrons. The van der Waals surface area contributed by atoms with Crippen LogP contribution in [0, 0.1) is 17.8 Å². The summed E-state index contributed by atoms with van der Waals surface area (Å²) in [6, 6.07) is 0.319. The molecule has 0 aromatic rings. The van der Waals surface area contributed by atoms with Crippen LogP contribution in [0.4, 0.5) is 0 Å². The van der Waals surface area contributed by atoms with Crippen LogP contribution in [0.5, 0.6) is 0 Å². The molecule has 3 fully saturated rings. The molecule has 3 rings (SSSR count). The Morgan fingerprint density at radius 3 is 2.94 bits per heavy atom. The average molecular weight is 238 g/mol. The second-order valence-corrected chi connectivity index (χ2v) is 5.74. The van der Waals surface area contributed by atoms with Gasteiger partial charge in [0.25, 0.3) is 0 Å². The van der Waals surface area contributed by atoms with Crippen LogP contribution in [0.2, 0.25) is 0 Å². The van der Waals surface area contributed by atoms with Crippen molar-refractivity contribution < 1.29 is 9.53 Å². The number of nitrogens with zero attached hydrogens (tertiary/aromatic N) is 1. The van der Waals surface area contributed by atoms with Crippen molar-refractivity contribution in [2.24, 2.45) is 23.5 Å². The van der Waals surface area contributed by atoms with E-state index in [1.807, 2.05) is 11.8 Å². The Bertz CT molecular complexity index is 321. The highest BCUT2D eigenvalue weighted by molar-refractivity contribution is 5.82. The fraction of sp³-hybridized carbons (Fsp3) is 0.923. The molecule has 4 heteroatoms. The molecule has 0 aromatic heterocycles. The smallest absolute Gasteiger partial charge is 0.228 e. The summed E-state index contributed by atoms with van der Waals surface area (Å²) < 4.78 is 5.49. The normalized spacial score (nSPS) is 43.9. The number of hydrogen-bond donors (Lipinski definition) is 1. The van der Waals surface area contributed by atoms with Crippen LogP contribution in [-0.4, -0.2) is 42.6 Å². The van der Waals surface area contributed by atoms with Gasteiger partial charge in [-0.05, 0) is 38.0 Å². The summed E-state index contributed by atoms with van der Waals surface area (Å²) in [5, 5.41) is 0. The molecule has 1 saturated heterocycles. The number of carbonyl (C=O) groups excluding carboxylic acids is 1. The molecule has 17 heavy (non-hydrogen) atoms. The first-order valence-electron chi connectivity index (χ1n) is 6.86. The largest absolute Gasteiger partial charge is 0.378 e. The van der Waals surface area contributed by atoms with Gasteiger partial charge in [-0.1, -0.05) is 0 Å². The van der Waals surface area contributed by atoms with Crippen molar-refractivity contribution in [3.63, 3.8) is 0 Å². The first kappa shape index (κ1) is 11.5. The summed E-state index contributed by atoms with van der Waals surface area (Å²) in [4.78, 5) is 14.3. The van der Waals surface area contributed by atoms with Gasteiger partial charge in [-0.25, -0.2) is 0 Å². The van der Waals surface area contributed by atoms with E-state index in [1.165, 1.54) is 6.42 Å². The van der Waals surface area contributed by atoms with Crippen LogP contribution in [0.15, 0.2) is 0 Å². The van der Waals surface area contributed by atoms with Crippen LogP contribution in [0.1, 0.15) is 26.2 Å². The van der Waals surface area contributed by atoms with Gasteiger partial charge in [-0.3, -0.25) is 4.79 Å². The van der Waals surface area contributed by atoms with Gasteiger partial charge in [0.05, 0.1) is 12.0 Å². The maximum atomic E-state index is 12.2. The highest BCUT2D eigenvalue weighted by atomic mass is 16.5. The molecule has 5 unspecified atom stereocenters. The van der Waals surface area contributed by atoms with Crippen molar-refractivity contribution in [1.29, 1.82) is 0 Å². The molecule has 4 nitrogen and oxygen atoms in total. The third kappa shape index (κ3) is 1.97. The zero-order valence-corrected chi connectivity index (χ0v) is 10.5. The number of likely N-dealkylation sites (tertiary alicyclic amines) is 1. The number of ether oxygens (including phenoxy) is 1. The molecule has 1 aliphatic heterocycles. The predicted octanol–water partition coefficient (Wildman–Crippen LogP) is 0.607. The standard InChI is InChI=1S/C13H22N2O2/c1-2-17-12-5-9(12)13(16)15-6-8-3-4-11(14)10(8)7-15/h8-12H,2-7,14H2,1H3. The second-order valence-electron chi connectivity index (χ2n) is 5.74. The molecular weight excluding hydrogens is 216 g/mol. The van der Waals surface area contributed by atoms with E-state index in [9.17, 15) is 4.79 Å². The van der Waals surface area contributed by atoms with E-state index in [0.717, 1.165) is 25.9 Å². The Hall–Kier alpha value is -0.610. The zero-order chi connectivity index (χ0) is 12.0. The predicted molar refractivity (Wildman–Crippen MR) is 64.3 cm³/mol. The first-order valence-corrected chi connectivity index (χ1v) is 6.86. The molecule has 1 heterocycles. The summed E-state index contributed by atoms with van der Waals surface area (Å²) in [5.41, 5.74) is 6.09. The van der Waals surface area contributed by atoms with Crippen LogP contribution in [-0.2, 0) is 9.53 Å². The lowest BCUT2D eigenvalue weighted by Gasteiger charge is -2.18. The maximum Gasteiger partial charge on any atom is 0.228 e. The van der Waals surface area contributed by atoms with E-state index in [1.54, 1.807) is 0 Å². The molecule has 1 amide bonds. The highest BCUT2D eigenvalue weighted by Crippen LogP contribution is 2.41. The Morgan fingerprint density at radius 2 is 2.24 bits per heavy atom. The summed E-state index contributed by atoms with van der Waals surface area (Å²) in [6.07, 6.45) is 3.46. The minimum absolute atomic E-state index is 0.144. The first-order chi connectivity index (χ1) is 8.20. The van der Waals surface area contributed by atoms with Gasteiger partial charge >= 0.3 is 0 Å². The lowest BCUT2D eigenvalue weighted by molar-refractivity contribution is -0.132. The van der Waals surface area contributed by atoms with Crippen molar-refractivity contribution >= 4 is 5.91 Å². The van der Waals surface area contributed by atoms with Crippen molar-refractivity contribution in [2.45, 2.75) is 38.3 Å². The van der Waals surface area contributed by atoms with Crippen molar-refractivity contribution in [1.82, 2.24) is 4.90 Å². The number of nitrogens with two attached hydrogens (primary N) is 1. The van der Waals surface area contributed by atoms with Crippen LogP contribution < -0.4 is 5.73 Å². The topological polar surface area (TPSA) is 55.6 Å². The van der Waals surface area contributed by atoms with E-state index in [0.29, 0.717) is 30.4 Å². The van der Waals surface area contributed by atoms with Crippen molar-refractivity contribution in [3.05, 3.63) is 0 Å². The van der Waals surface area contributed by atoms with Gasteiger partial charge < -0.3 is 15.4 Å². The number of carbonyl (C=O) groups is 1. The van der Waals surface area contributed by atoms with Gasteiger partial charge in [0.2, 0.25) is 5.91 Å². The molecule has 96 valence electrons. The molecule has 2 saturated carbocycles. The van der Waals surface area contributed by atoms with E-state index in [4.69, 9.17) is 10.5 Å². The van der Waals surface area contributed by atoms with Gasteiger partial charge in [0, 0.05) is 25.7 Å². The third-order valence-electron chi connectivity index (χ3n) is 4.65. The van der Waals surface area contributed by atoms with E-state index < -0.39 is 0 Å². The summed E-state index contributed by atoms with van der Waals surface area (Å²) in [6.45, 7) is 4.52. The monoisotopic (exact) mass is 238 g/mol. The molecule has 5 atom stereocenters. The molecule has 0 spiro atoms. The second kappa shape index (κ2) is 4.25. The third-order valence-corrected chi connectivity index (χ3v) is 4.65. The quantitative estimate of drug-likeness (QED) is 0.783. The SMILES string of the molecule is CCOC1CC1C(=O)N1CC2CCC(N)C2C1. The number of rotatable bonds is 3. The van der Waals surface area contributed by atoms with Gasteiger partial charge in [-0.15, -0.1) is 0 Å². The Morgan fingerprint density at radius 1 is 1.41 bits per heavy atom. The van der Waals surface area contributed by atoms with Crippen molar-refractivity contribution in [3.8, 4) is 0 Å². The number of hydrogen-bond acceptors (Lipinski definition) is 3. The summed E-state index contributed by atoms with van der Waals surface area (Å²) in [7, 11) is 0. The van der Waals surface area contributed by atoms with Gasteiger partial charge in [0.15, 0.2) is 0 Å². The summed E-state index contributed by atoms with van der Waals surface area (Å²) in [5.74, 6) is 1.68. The lowest BCUT2D eigenvalue weighted by Crippen LogP contribution is -2.35. The molecule has 3 aliphatic rings. The number of fused-ring (bicyclic) bond motifs is 1. The van der Waals surface area contributed by atoms with Gasteiger partial charge in [0.1, 0.15) is 0 Å². The van der Waals surface area contributed by atoms with Crippen LogP contribution >= 0.6 is 0 Å². The molecule has 0 bridgehead atoms. The van der Waals surface area contributed by atoms with E-state index in [2.05, 4.69) is 0 Å². The maximum absolute atomic E-state index is 12.2. The molecular formula is C13H22N2O2. The van der Waals surface area contributed by atoms with Crippen LogP contribution in [0.25, 0.3) is 0 Å².